The van der Waals surface area contributed by atoms with E-state index in [-0.39, 0.29) is 0 Å². The Morgan fingerprint density at radius 3 is 1.43 bits per heavy atom. The van der Waals surface area contributed by atoms with Crippen molar-refractivity contribution in [3.05, 3.63) is 0 Å². The summed E-state index contributed by atoms with van der Waals surface area (Å²) in [6.45, 7) is 2.59. The maximum atomic E-state index is 8.69. The third kappa shape index (κ3) is 11.2. The van der Waals surface area contributed by atoms with Gasteiger partial charge in [-0.2, -0.15) is 0 Å². The zero-order chi connectivity index (χ0) is 15.2. The maximum Gasteiger partial charge on any atom is 0.0841 e. The van der Waals surface area contributed by atoms with Gasteiger partial charge in [0.15, 0.2) is 0 Å². The average molecular weight is 299 g/mol. The molecule has 0 amide bonds. The second kappa shape index (κ2) is 13.6. The Labute approximate surface area is 132 Å². The Balaban J connectivity index is 1.64. The van der Waals surface area contributed by atoms with E-state index in [1.807, 2.05) is 0 Å². The molecule has 0 bridgehead atoms. The highest BCUT2D eigenvalue weighted by molar-refractivity contribution is 4.82. The van der Waals surface area contributed by atoms with Gasteiger partial charge in [0.05, 0.1) is 12.2 Å². The molecule has 1 saturated heterocycles. The van der Waals surface area contributed by atoms with Crippen LogP contribution in [-0.4, -0.2) is 23.9 Å². The lowest BCUT2D eigenvalue weighted by atomic mass is 10.0. The van der Waals surface area contributed by atoms with Crippen LogP contribution < -0.4 is 0 Å². The fourth-order valence-corrected chi connectivity index (χ4v) is 3.19. The molecule has 0 aromatic heterocycles. The molecule has 0 spiro atoms. The van der Waals surface area contributed by atoms with Gasteiger partial charge in [-0.25, -0.2) is 0 Å². The molecule has 21 heavy (non-hydrogen) atoms. The van der Waals surface area contributed by atoms with Gasteiger partial charge in [0, 0.05) is 6.61 Å². The molecule has 2 nitrogen and oxygen atoms in total. The first-order chi connectivity index (χ1) is 10.4. The number of aliphatic hydroxyl groups is 1. The number of epoxide rings is 1. The van der Waals surface area contributed by atoms with Gasteiger partial charge in [0.25, 0.3) is 0 Å². The Morgan fingerprint density at radius 2 is 1.05 bits per heavy atom. The fraction of sp³-hybridized carbons (Fsp3) is 1.00. The first-order valence-electron chi connectivity index (χ1n) is 9.64. The molecule has 0 aromatic carbocycles. The summed E-state index contributed by atoms with van der Waals surface area (Å²) in [6.07, 6.45) is 21.3. The molecule has 2 atom stereocenters. The van der Waals surface area contributed by atoms with Crippen LogP contribution in [0.25, 0.3) is 0 Å². The third-order valence-electron chi connectivity index (χ3n) is 4.74. The first kappa shape index (κ1) is 19.0. The summed E-state index contributed by atoms with van der Waals surface area (Å²) in [7, 11) is 0. The maximum absolute atomic E-state index is 8.69. The van der Waals surface area contributed by atoms with Crippen LogP contribution in [0.15, 0.2) is 0 Å². The molecule has 1 aliphatic rings. The van der Waals surface area contributed by atoms with Gasteiger partial charge < -0.3 is 9.84 Å². The molecule has 2 heteroatoms. The van der Waals surface area contributed by atoms with Crippen molar-refractivity contribution in [1.82, 2.24) is 0 Å². The molecule has 1 aliphatic heterocycles. The Kier molecular flexibility index (Phi) is 12.3. The number of aliphatic hydroxyl groups excluding tert-OH is 1. The summed E-state index contributed by atoms with van der Waals surface area (Å²) >= 11 is 0. The van der Waals surface area contributed by atoms with Crippen molar-refractivity contribution in [2.24, 2.45) is 0 Å². The van der Waals surface area contributed by atoms with E-state index < -0.39 is 0 Å². The van der Waals surface area contributed by atoms with Crippen molar-refractivity contribution >= 4 is 0 Å². The molecule has 2 unspecified atom stereocenters. The number of hydrogen-bond donors (Lipinski definition) is 1. The number of hydrogen-bond acceptors (Lipinski definition) is 2. The van der Waals surface area contributed by atoms with E-state index >= 15 is 0 Å². The fourth-order valence-electron chi connectivity index (χ4n) is 3.19. The van der Waals surface area contributed by atoms with Crippen molar-refractivity contribution in [1.29, 1.82) is 0 Å². The second-order valence-corrected chi connectivity index (χ2v) is 6.73. The minimum Gasteiger partial charge on any atom is -0.396 e. The van der Waals surface area contributed by atoms with Crippen LogP contribution in [0.4, 0.5) is 0 Å². The summed E-state index contributed by atoms with van der Waals surface area (Å²) in [5, 5.41) is 8.69. The van der Waals surface area contributed by atoms with Gasteiger partial charge in [0.2, 0.25) is 0 Å². The van der Waals surface area contributed by atoms with Crippen LogP contribution in [0.5, 0.6) is 0 Å². The number of ether oxygens (including phenoxy) is 1. The van der Waals surface area contributed by atoms with Crippen LogP contribution >= 0.6 is 0 Å². The molecule has 1 heterocycles. The van der Waals surface area contributed by atoms with E-state index in [4.69, 9.17) is 9.84 Å². The van der Waals surface area contributed by atoms with E-state index in [1.165, 1.54) is 89.9 Å². The van der Waals surface area contributed by atoms with E-state index in [0.717, 1.165) is 6.42 Å². The van der Waals surface area contributed by atoms with Crippen molar-refractivity contribution in [2.75, 3.05) is 6.61 Å². The predicted octanol–water partition coefficient (Wildman–Crippen LogP) is 5.62. The van der Waals surface area contributed by atoms with E-state index in [2.05, 4.69) is 6.92 Å². The van der Waals surface area contributed by atoms with Crippen molar-refractivity contribution < 1.29 is 9.84 Å². The Morgan fingerprint density at radius 1 is 0.619 bits per heavy atom. The minimum absolute atomic E-state index is 0.368. The van der Waals surface area contributed by atoms with E-state index in [9.17, 15) is 0 Å². The second-order valence-electron chi connectivity index (χ2n) is 6.73. The van der Waals surface area contributed by atoms with E-state index in [1.54, 1.807) is 0 Å². The summed E-state index contributed by atoms with van der Waals surface area (Å²) in [4.78, 5) is 0. The Hall–Kier alpha value is -0.0800. The highest BCUT2D eigenvalue weighted by Gasteiger charge is 2.35. The molecular weight excluding hydrogens is 260 g/mol. The molecule has 1 N–H and O–H groups in total. The van der Waals surface area contributed by atoms with Crippen LogP contribution in [0.3, 0.4) is 0 Å². The smallest absolute Gasteiger partial charge is 0.0841 e. The predicted molar refractivity (Wildman–Crippen MR) is 90.7 cm³/mol. The van der Waals surface area contributed by atoms with Gasteiger partial charge in [-0.3, -0.25) is 0 Å². The highest BCUT2D eigenvalue weighted by atomic mass is 16.6. The molecular formula is C19H38O2. The molecule has 1 rings (SSSR count). The van der Waals surface area contributed by atoms with Crippen LogP contribution in [-0.2, 0) is 4.74 Å². The van der Waals surface area contributed by atoms with Crippen molar-refractivity contribution in [3.8, 4) is 0 Å². The molecule has 0 aliphatic carbocycles. The van der Waals surface area contributed by atoms with E-state index in [0.29, 0.717) is 18.8 Å². The number of unbranched alkanes of at least 4 members (excludes halogenated alkanes) is 12. The zero-order valence-electron chi connectivity index (χ0n) is 14.3. The van der Waals surface area contributed by atoms with Crippen LogP contribution in [0.2, 0.25) is 0 Å². The van der Waals surface area contributed by atoms with Gasteiger partial charge >= 0.3 is 0 Å². The monoisotopic (exact) mass is 298 g/mol. The third-order valence-corrected chi connectivity index (χ3v) is 4.74. The standard InChI is InChI=1S/C19H38O2/c1-2-18-19(21-18)16-14-12-10-8-6-4-3-5-7-9-11-13-15-17-20/h18-20H,2-17H2,1H3. The normalized spacial score (nSPS) is 20.9. The minimum atomic E-state index is 0.368. The average Bonchev–Trinajstić information content (AvgIpc) is 3.26. The van der Waals surface area contributed by atoms with Crippen molar-refractivity contribution in [2.45, 2.75) is 115 Å². The SMILES string of the molecule is CCC1OC1CCCCCCCCCCCCCCCO. The summed E-state index contributed by atoms with van der Waals surface area (Å²) in [5.74, 6) is 0. The largest absolute Gasteiger partial charge is 0.396 e. The lowest BCUT2D eigenvalue weighted by Crippen LogP contribution is -1.92. The summed E-state index contributed by atoms with van der Waals surface area (Å²) in [5.41, 5.74) is 0. The van der Waals surface area contributed by atoms with Gasteiger partial charge in [0.1, 0.15) is 0 Å². The summed E-state index contributed by atoms with van der Waals surface area (Å²) in [6, 6.07) is 0. The molecule has 0 aromatic rings. The highest BCUT2D eigenvalue weighted by Crippen LogP contribution is 2.29. The Bertz CT molecular complexity index is 218. The molecule has 0 saturated carbocycles. The summed E-state index contributed by atoms with van der Waals surface area (Å²) < 4.78 is 5.57. The topological polar surface area (TPSA) is 32.8 Å². The van der Waals surface area contributed by atoms with Gasteiger partial charge in [-0.05, 0) is 19.3 Å². The first-order valence-corrected chi connectivity index (χ1v) is 9.64. The quantitative estimate of drug-likeness (QED) is 0.296. The van der Waals surface area contributed by atoms with Gasteiger partial charge in [-0.15, -0.1) is 0 Å². The molecule has 1 fully saturated rings. The van der Waals surface area contributed by atoms with Crippen LogP contribution in [0, 0.1) is 0 Å². The molecule has 126 valence electrons. The lowest BCUT2D eigenvalue weighted by Gasteiger charge is -2.03. The van der Waals surface area contributed by atoms with Crippen molar-refractivity contribution in [3.63, 3.8) is 0 Å². The van der Waals surface area contributed by atoms with Gasteiger partial charge in [-0.1, -0.05) is 84.0 Å². The molecule has 0 radical (unpaired) electrons. The number of rotatable bonds is 16. The lowest BCUT2D eigenvalue weighted by molar-refractivity contribution is 0.282. The van der Waals surface area contributed by atoms with Crippen LogP contribution in [0.1, 0.15) is 103 Å². The zero-order valence-corrected chi connectivity index (χ0v) is 14.3.